The van der Waals surface area contributed by atoms with Gasteiger partial charge in [0.1, 0.15) is 5.54 Å². The highest BCUT2D eigenvalue weighted by Crippen LogP contribution is 2.45. The molecule has 2 aliphatic rings. The molecule has 0 spiro atoms. The summed E-state index contributed by atoms with van der Waals surface area (Å²) in [6.07, 6.45) is 3.96. The van der Waals surface area contributed by atoms with Crippen LogP contribution in [0.5, 0.6) is 0 Å². The van der Waals surface area contributed by atoms with Gasteiger partial charge in [-0.05, 0) is 31.2 Å². The predicted octanol–water partition coefficient (Wildman–Crippen LogP) is 3.37. The quantitative estimate of drug-likeness (QED) is 0.809. The second-order valence-electron chi connectivity index (χ2n) is 6.23. The Hall–Kier alpha value is -1.15. The molecule has 1 aromatic carbocycles. The Labute approximate surface area is 115 Å². The molecule has 0 amide bonds. The molecule has 0 bridgehead atoms. The van der Waals surface area contributed by atoms with Crippen LogP contribution in [-0.2, 0) is 10.3 Å². The maximum Gasteiger partial charge on any atom is 0.157 e. The molecule has 19 heavy (non-hydrogen) atoms. The van der Waals surface area contributed by atoms with Crippen LogP contribution in [0.2, 0.25) is 0 Å². The fourth-order valence-electron chi connectivity index (χ4n) is 3.80. The van der Waals surface area contributed by atoms with E-state index in [0.29, 0.717) is 17.7 Å². The number of hydrogen-bond acceptors (Lipinski definition) is 2. The molecule has 3 unspecified atom stereocenters. The highest BCUT2D eigenvalue weighted by Gasteiger charge is 2.52. The highest BCUT2D eigenvalue weighted by molar-refractivity contribution is 5.90. The minimum Gasteiger partial charge on any atom is -0.297 e. The van der Waals surface area contributed by atoms with Crippen LogP contribution in [0.1, 0.15) is 45.1 Å². The molecule has 1 aliphatic heterocycles. The van der Waals surface area contributed by atoms with Crippen molar-refractivity contribution in [3.05, 3.63) is 35.9 Å². The predicted molar refractivity (Wildman–Crippen MR) is 76.9 cm³/mol. The van der Waals surface area contributed by atoms with Gasteiger partial charge < -0.3 is 0 Å². The van der Waals surface area contributed by atoms with Gasteiger partial charge in [-0.2, -0.15) is 0 Å². The van der Waals surface area contributed by atoms with Crippen molar-refractivity contribution in [2.24, 2.45) is 5.92 Å². The molecule has 1 saturated heterocycles. The van der Waals surface area contributed by atoms with Crippen molar-refractivity contribution in [1.29, 1.82) is 0 Å². The van der Waals surface area contributed by atoms with Crippen LogP contribution in [0.25, 0.3) is 0 Å². The summed E-state index contributed by atoms with van der Waals surface area (Å²) in [6.45, 7) is 5.61. The van der Waals surface area contributed by atoms with Crippen LogP contribution in [0.4, 0.5) is 0 Å². The van der Waals surface area contributed by atoms with Crippen LogP contribution in [-0.4, -0.2) is 23.3 Å². The van der Waals surface area contributed by atoms with Crippen LogP contribution in [0, 0.1) is 5.92 Å². The number of rotatable bonds is 2. The zero-order valence-corrected chi connectivity index (χ0v) is 11.9. The number of hydrogen-bond donors (Lipinski definition) is 0. The largest absolute Gasteiger partial charge is 0.297 e. The molecule has 1 saturated carbocycles. The Balaban J connectivity index is 2.03. The Kier molecular flexibility index (Phi) is 3.22. The second-order valence-corrected chi connectivity index (χ2v) is 6.23. The smallest absolute Gasteiger partial charge is 0.157 e. The molecule has 0 N–H and O–H groups in total. The van der Waals surface area contributed by atoms with Crippen molar-refractivity contribution >= 4 is 5.78 Å². The van der Waals surface area contributed by atoms with Crippen molar-refractivity contribution in [2.45, 2.75) is 51.1 Å². The minimum atomic E-state index is -0.328. The van der Waals surface area contributed by atoms with Gasteiger partial charge >= 0.3 is 0 Å². The Morgan fingerprint density at radius 1 is 1.16 bits per heavy atom. The van der Waals surface area contributed by atoms with Crippen LogP contribution in [0.15, 0.2) is 30.3 Å². The van der Waals surface area contributed by atoms with Crippen LogP contribution >= 0.6 is 0 Å². The van der Waals surface area contributed by atoms with Gasteiger partial charge in [0, 0.05) is 19.0 Å². The maximum absolute atomic E-state index is 12.8. The van der Waals surface area contributed by atoms with Crippen molar-refractivity contribution < 1.29 is 4.79 Å². The van der Waals surface area contributed by atoms with E-state index < -0.39 is 0 Å². The standard InChI is InChI=1S/C17H23NO/c1-13-12-18(14(13)2)17(11-7-6-10-16(17)19)15-8-4-3-5-9-15/h3-5,8-9,13-14H,6-7,10-12H2,1-2H3. The second kappa shape index (κ2) is 4.75. The molecule has 102 valence electrons. The van der Waals surface area contributed by atoms with Crippen LogP contribution < -0.4 is 0 Å². The summed E-state index contributed by atoms with van der Waals surface area (Å²) < 4.78 is 0. The molecule has 1 aliphatic carbocycles. The molecule has 2 nitrogen and oxygen atoms in total. The number of carbonyl (C=O) groups is 1. The van der Waals surface area contributed by atoms with Gasteiger partial charge in [0.15, 0.2) is 5.78 Å². The topological polar surface area (TPSA) is 20.3 Å². The molecule has 2 fully saturated rings. The fourth-order valence-corrected chi connectivity index (χ4v) is 3.80. The van der Waals surface area contributed by atoms with Crippen molar-refractivity contribution in [1.82, 2.24) is 4.90 Å². The number of nitrogens with zero attached hydrogens (tertiary/aromatic N) is 1. The number of Topliss-reactive ketones (excluding diaryl/α,β-unsaturated/α-hetero) is 1. The van der Waals surface area contributed by atoms with E-state index in [1.807, 2.05) is 6.07 Å². The summed E-state index contributed by atoms with van der Waals surface area (Å²) >= 11 is 0. The minimum absolute atomic E-state index is 0.328. The number of likely N-dealkylation sites (tertiary alicyclic amines) is 1. The van der Waals surface area contributed by atoms with E-state index in [-0.39, 0.29) is 5.54 Å². The zero-order chi connectivity index (χ0) is 13.5. The normalized spacial score (nSPS) is 36.0. The molecule has 3 rings (SSSR count). The summed E-state index contributed by atoms with van der Waals surface area (Å²) in [5.74, 6) is 1.14. The Morgan fingerprint density at radius 2 is 1.89 bits per heavy atom. The van der Waals surface area contributed by atoms with Crippen molar-refractivity contribution in [3.8, 4) is 0 Å². The first kappa shape index (κ1) is 12.9. The average Bonchev–Trinajstić information content (AvgIpc) is 2.46. The first-order chi connectivity index (χ1) is 9.16. The van der Waals surface area contributed by atoms with E-state index in [9.17, 15) is 4.79 Å². The van der Waals surface area contributed by atoms with E-state index in [4.69, 9.17) is 0 Å². The van der Waals surface area contributed by atoms with E-state index in [1.165, 1.54) is 5.56 Å². The van der Waals surface area contributed by atoms with Crippen molar-refractivity contribution in [2.75, 3.05) is 6.54 Å². The summed E-state index contributed by atoms with van der Waals surface area (Å²) in [7, 11) is 0. The van der Waals surface area contributed by atoms with Gasteiger partial charge in [-0.25, -0.2) is 0 Å². The van der Waals surface area contributed by atoms with Crippen LogP contribution in [0.3, 0.4) is 0 Å². The fraction of sp³-hybridized carbons (Fsp3) is 0.588. The van der Waals surface area contributed by atoms with E-state index in [0.717, 1.165) is 32.2 Å². The Bertz CT molecular complexity index is 469. The summed E-state index contributed by atoms with van der Waals surface area (Å²) in [4.78, 5) is 15.2. The lowest BCUT2D eigenvalue weighted by Gasteiger charge is -2.57. The van der Waals surface area contributed by atoms with E-state index in [1.54, 1.807) is 0 Å². The monoisotopic (exact) mass is 257 g/mol. The number of ketones is 1. The molecule has 0 radical (unpaired) electrons. The average molecular weight is 257 g/mol. The third-order valence-electron chi connectivity index (χ3n) is 5.20. The number of carbonyl (C=O) groups excluding carboxylic acids is 1. The molecule has 1 aromatic rings. The maximum atomic E-state index is 12.8. The van der Waals surface area contributed by atoms with Gasteiger partial charge in [-0.15, -0.1) is 0 Å². The number of benzene rings is 1. The van der Waals surface area contributed by atoms with Gasteiger partial charge in [0.05, 0.1) is 0 Å². The van der Waals surface area contributed by atoms with Gasteiger partial charge in [0.25, 0.3) is 0 Å². The van der Waals surface area contributed by atoms with Crippen molar-refractivity contribution in [3.63, 3.8) is 0 Å². The first-order valence-corrected chi connectivity index (χ1v) is 7.52. The molecule has 3 atom stereocenters. The molecule has 2 heteroatoms. The lowest BCUT2D eigenvalue weighted by molar-refractivity contribution is -0.148. The summed E-state index contributed by atoms with van der Waals surface area (Å²) in [5.41, 5.74) is 0.879. The molecular weight excluding hydrogens is 234 g/mol. The molecule has 1 heterocycles. The molecule has 0 aromatic heterocycles. The zero-order valence-electron chi connectivity index (χ0n) is 11.9. The SMILES string of the molecule is CC1CN(C2(c3ccccc3)CCCCC2=O)C1C. The lowest BCUT2D eigenvalue weighted by atomic mass is 9.70. The van der Waals surface area contributed by atoms with E-state index >= 15 is 0 Å². The third kappa shape index (κ3) is 1.85. The molecular formula is C17H23NO. The van der Waals surface area contributed by atoms with E-state index in [2.05, 4.69) is 43.0 Å². The summed E-state index contributed by atoms with van der Waals surface area (Å²) in [6, 6.07) is 11.0. The van der Waals surface area contributed by atoms with Gasteiger partial charge in [-0.1, -0.05) is 43.7 Å². The first-order valence-electron chi connectivity index (χ1n) is 7.52. The summed E-state index contributed by atoms with van der Waals surface area (Å²) in [5, 5.41) is 0. The highest BCUT2D eigenvalue weighted by atomic mass is 16.1. The Morgan fingerprint density at radius 3 is 2.47 bits per heavy atom. The van der Waals surface area contributed by atoms with Gasteiger partial charge in [0.2, 0.25) is 0 Å². The van der Waals surface area contributed by atoms with Gasteiger partial charge in [-0.3, -0.25) is 9.69 Å². The third-order valence-corrected chi connectivity index (χ3v) is 5.20. The lowest BCUT2D eigenvalue weighted by Crippen LogP contribution is -2.66.